The predicted octanol–water partition coefficient (Wildman–Crippen LogP) is 3.75. The largest absolute Gasteiger partial charge is 0.336 e. The number of nitrogens with one attached hydrogen (secondary N) is 2. The number of hydrogen-bond donors (Lipinski definition) is 2. The Balaban J connectivity index is 1.86. The summed E-state index contributed by atoms with van der Waals surface area (Å²) in [6.45, 7) is 0. The van der Waals surface area contributed by atoms with Gasteiger partial charge in [0.25, 0.3) is 0 Å². The molecule has 0 spiro atoms. The monoisotopic (exact) mass is 360 g/mol. The van der Waals surface area contributed by atoms with Crippen molar-refractivity contribution < 1.29 is 18.0 Å². The molecular formula is C18H15F3N4O. The molecule has 0 saturated carbocycles. The van der Waals surface area contributed by atoms with Crippen LogP contribution in [-0.4, -0.2) is 15.6 Å². The zero-order valence-corrected chi connectivity index (χ0v) is 13.7. The minimum absolute atomic E-state index is 0.179. The number of rotatable bonds is 4. The molecule has 26 heavy (non-hydrogen) atoms. The van der Waals surface area contributed by atoms with Gasteiger partial charge in [0.1, 0.15) is 29.3 Å². The zero-order chi connectivity index (χ0) is 18.7. The number of nitrogens with zero attached hydrogens (tertiary/aromatic N) is 2. The Morgan fingerprint density at radius 2 is 1.88 bits per heavy atom. The normalized spacial score (nSPS) is 11.8. The molecule has 0 bridgehead atoms. The van der Waals surface area contributed by atoms with Crippen LogP contribution in [0.25, 0.3) is 0 Å². The van der Waals surface area contributed by atoms with Gasteiger partial charge < -0.3 is 15.2 Å². The number of anilines is 1. The maximum absolute atomic E-state index is 13.7. The summed E-state index contributed by atoms with van der Waals surface area (Å²) in [5.41, 5.74) is 0.288. The Hall–Kier alpha value is -3.29. The van der Waals surface area contributed by atoms with E-state index in [-0.39, 0.29) is 5.69 Å². The molecule has 1 heterocycles. The van der Waals surface area contributed by atoms with Crippen molar-refractivity contribution in [2.24, 2.45) is 7.05 Å². The summed E-state index contributed by atoms with van der Waals surface area (Å²) in [4.78, 5) is 16.5. The molecule has 3 rings (SSSR count). The number of amides is 2. The molecule has 134 valence electrons. The molecule has 0 fully saturated rings. The van der Waals surface area contributed by atoms with Crippen LogP contribution in [0.15, 0.2) is 54.9 Å². The van der Waals surface area contributed by atoms with Crippen molar-refractivity contribution in [1.29, 1.82) is 0 Å². The number of halogens is 3. The molecule has 8 heteroatoms. The number of benzene rings is 2. The molecule has 0 saturated heterocycles. The van der Waals surface area contributed by atoms with Crippen molar-refractivity contribution >= 4 is 11.7 Å². The highest BCUT2D eigenvalue weighted by Crippen LogP contribution is 2.22. The molecule has 1 atom stereocenters. The number of urea groups is 1. The number of hydrogen-bond acceptors (Lipinski definition) is 2. The number of aromatic nitrogens is 2. The maximum Gasteiger partial charge on any atom is 0.320 e. The first kappa shape index (κ1) is 17.5. The minimum Gasteiger partial charge on any atom is -0.336 e. The Kier molecular flexibility index (Phi) is 4.92. The Morgan fingerprint density at radius 3 is 2.54 bits per heavy atom. The molecule has 3 aromatic rings. The lowest BCUT2D eigenvalue weighted by Crippen LogP contribution is -2.34. The maximum atomic E-state index is 13.7. The molecule has 0 aliphatic rings. The summed E-state index contributed by atoms with van der Waals surface area (Å²) in [5.74, 6) is -1.66. The van der Waals surface area contributed by atoms with Gasteiger partial charge in [0.2, 0.25) is 0 Å². The Labute approximate surface area is 147 Å². The molecule has 0 aliphatic heterocycles. The van der Waals surface area contributed by atoms with E-state index in [1.165, 1.54) is 18.2 Å². The van der Waals surface area contributed by atoms with Gasteiger partial charge in [-0.2, -0.15) is 0 Å². The van der Waals surface area contributed by atoms with Crippen LogP contribution in [0.1, 0.15) is 17.4 Å². The van der Waals surface area contributed by atoms with Gasteiger partial charge in [0, 0.05) is 25.5 Å². The van der Waals surface area contributed by atoms with E-state index in [9.17, 15) is 18.0 Å². The van der Waals surface area contributed by atoms with E-state index in [2.05, 4.69) is 15.6 Å². The van der Waals surface area contributed by atoms with Crippen molar-refractivity contribution in [2.75, 3.05) is 5.32 Å². The highest BCUT2D eigenvalue weighted by Gasteiger charge is 2.21. The number of carbonyl (C=O) groups excluding carboxylic acids is 1. The van der Waals surface area contributed by atoms with Crippen LogP contribution in [-0.2, 0) is 7.05 Å². The lowest BCUT2D eigenvalue weighted by Gasteiger charge is -2.19. The molecule has 0 aliphatic carbocycles. The quantitative estimate of drug-likeness (QED) is 0.745. The number of aryl methyl sites for hydroxylation is 1. The van der Waals surface area contributed by atoms with Crippen LogP contribution in [0.3, 0.4) is 0 Å². The fourth-order valence-corrected chi connectivity index (χ4v) is 2.52. The van der Waals surface area contributed by atoms with Gasteiger partial charge in [-0.25, -0.2) is 22.9 Å². The van der Waals surface area contributed by atoms with Crippen molar-refractivity contribution in [3.8, 4) is 0 Å². The van der Waals surface area contributed by atoms with E-state index in [0.717, 1.165) is 12.1 Å². The van der Waals surface area contributed by atoms with E-state index in [1.54, 1.807) is 30.1 Å². The molecule has 2 aromatic carbocycles. The molecule has 1 aromatic heterocycles. The van der Waals surface area contributed by atoms with Gasteiger partial charge >= 0.3 is 6.03 Å². The third-order valence-corrected chi connectivity index (χ3v) is 3.75. The summed E-state index contributed by atoms with van der Waals surface area (Å²) in [7, 11) is 1.73. The highest BCUT2D eigenvalue weighted by molar-refractivity contribution is 5.89. The lowest BCUT2D eigenvalue weighted by atomic mass is 10.1. The smallest absolute Gasteiger partial charge is 0.320 e. The predicted molar refractivity (Wildman–Crippen MR) is 90.0 cm³/mol. The van der Waals surface area contributed by atoms with Crippen LogP contribution in [0.4, 0.5) is 23.7 Å². The van der Waals surface area contributed by atoms with Gasteiger partial charge in [-0.1, -0.05) is 12.1 Å². The van der Waals surface area contributed by atoms with Crippen molar-refractivity contribution in [2.45, 2.75) is 6.04 Å². The molecule has 1 unspecified atom stereocenters. The highest BCUT2D eigenvalue weighted by atomic mass is 19.1. The molecule has 0 radical (unpaired) electrons. The third kappa shape index (κ3) is 3.85. The first-order chi connectivity index (χ1) is 12.4. The van der Waals surface area contributed by atoms with Gasteiger partial charge in [-0.05, 0) is 29.8 Å². The van der Waals surface area contributed by atoms with E-state index in [4.69, 9.17) is 0 Å². The average Bonchev–Trinajstić information content (AvgIpc) is 3.01. The van der Waals surface area contributed by atoms with E-state index < -0.39 is 29.5 Å². The van der Waals surface area contributed by atoms with Gasteiger partial charge in [-0.3, -0.25) is 0 Å². The molecule has 5 nitrogen and oxygen atoms in total. The SMILES string of the molecule is Cn1ccnc1C(NC(=O)Nc1ccc(F)cc1F)c1cccc(F)c1. The number of imidazole rings is 1. The third-order valence-electron chi connectivity index (χ3n) is 3.75. The van der Waals surface area contributed by atoms with E-state index in [0.29, 0.717) is 17.5 Å². The van der Waals surface area contributed by atoms with Crippen molar-refractivity contribution in [3.63, 3.8) is 0 Å². The zero-order valence-electron chi connectivity index (χ0n) is 13.7. The standard InChI is InChI=1S/C18H15F3N4O/c1-25-8-7-22-17(25)16(11-3-2-4-12(19)9-11)24-18(26)23-15-6-5-13(20)10-14(15)21/h2-10,16H,1H3,(H2,23,24,26). The minimum atomic E-state index is -0.903. The summed E-state index contributed by atoms with van der Waals surface area (Å²) in [6.07, 6.45) is 3.22. The van der Waals surface area contributed by atoms with Crippen LogP contribution in [0, 0.1) is 17.5 Å². The second-order valence-electron chi connectivity index (χ2n) is 5.61. The summed E-state index contributed by atoms with van der Waals surface area (Å²) in [5, 5.41) is 4.94. The van der Waals surface area contributed by atoms with Crippen molar-refractivity contribution in [1.82, 2.24) is 14.9 Å². The van der Waals surface area contributed by atoms with E-state index in [1.807, 2.05) is 0 Å². The van der Waals surface area contributed by atoms with E-state index >= 15 is 0 Å². The molecular weight excluding hydrogens is 345 g/mol. The lowest BCUT2D eigenvalue weighted by molar-refractivity contribution is 0.249. The Morgan fingerprint density at radius 1 is 1.12 bits per heavy atom. The summed E-state index contributed by atoms with van der Waals surface area (Å²) in [6, 6.07) is 7.01. The average molecular weight is 360 g/mol. The van der Waals surface area contributed by atoms with Gasteiger partial charge in [0.05, 0.1) is 5.69 Å². The first-order valence-electron chi connectivity index (χ1n) is 7.69. The second-order valence-corrected chi connectivity index (χ2v) is 5.61. The molecule has 2 amide bonds. The molecule has 2 N–H and O–H groups in total. The van der Waals surface area contributed by atoms with Crippen LogP contribution in [0.5, 0.6) is 0 Å². The first-order valence-corrected chi connectivity index (χ1v) is 7.69. The van der Waals surface area contributed by atoms with Crippen LogP contribution in [0.2, 0.25) is 0 Å². The van der Waals surface area contributed by atoms with Crippen LogP contribution >= 0.6 is 0 Å². The summed E-state index contributed by atoms with van der Waals surface area (Å²) >= 11 is 0. The Bertz CT molecular complexity index is 942. The fraction of sp³-hybridized carbons (Fsp3) is 0.111. The van der Waals surface area contributed by atoms with Gasteiger partial charge in [-0.15, -0.1) is 0 Å². The van der Waals surface area contributed by atoms with Crippen molar-refractivity contribution in [3.05, 3.63) is 83.7 Å². The summed E-state index contributed by atoms with van der Waals surface area (Å²) < 4.78 is 42.0. The van der Waals surface area contributed by atoms with Gasteiger partial charge in [0.15, 0.2) is 0 Å². The fourth-order valence-electron chi connectivity index (χ4n) is 2.52. The topological polar surface area (TPSA) is 59.0 Å². The number of carbonyl (C=O) groups is 1. The second kappa shape index (κ2) is 7.30. The van der Waals surface area contributed by atoms with Crippen LogP contribution < -0.4 is 10.6 Å².